The third-order valence-corrected chi connectivity index (χ3v) is 2.30. The highest BCUT2D eigenvalue weighted by Gasteiger charge is 2.20. The Morgan fingerprint density at radius 2 is 1.64 bits per heavy atom. The largest absolute Gasteiger partial charge is 0.372 e. The lowest BCUT2D eigenvalue weighted by molar-refractivity contribution is -0.0827. The van der Waals surface area contributed by atoms with E-state index in [2.05, 4.69) is 41.5 Å². The van der Waals surface area contributed by atoms with Crippen molar-refractivity contribution in [2.75, 3.05) is 0 Å². The minimum absolute atomic E-state index is 0.0453. The summed E-state index contributed by atoms with van der Waals surface area (Å²) in [5, 5.41) is 0. The molecule has 1 heteroatoms. The van der Waals surface area contributed by atoms with Gasteiger partial charge in [0, 0.05) is 0 Å². The molecule has 0 heterocycles. The second-order valence-corrected chi connectivity index (χ2v) is 4.18. The molecule has 1 unspecified atom stereocenters. The van der Waals surface area contributed by atoms with Gasteiger partial charge in [0.1, 0.15) is 0 Å². The van der Waals surface area contributed by atoms with E-state index in [1.165, 1.54) is 0 Å². The van der Waals surface area contributed by atoms with Crippen molar-refractivity contribution >= 4 is 0 Å². The summed E-state index contributed by atoms with van der Waals surface area (Å²) in [6, 6.07) is 0. The molecule has 0 aliphatic heterocycles. The van der Waals surface area contributed by atoms with Crippen LogP contribution < -0.4 is 0 Å². The Morgan fingerprint density at radius 3 is 1.91 bits per heavy atom. The van der Waals surface area contributed by atoms with Crippen LogP contribution in [0.2, 0.25) is 0 Å². The molecule has 0 saturated carbocycles. The monoisotopic (exact) mass is 158 g/mol. The lowest BCUT2D eigenvalue weighted by atomic mass is 10.0. The molecule has 0 aromatic carbocycles. The van der Waals surface area contributed by atoms with E-state index in [0.29, 0.717) is 12.0 Å². The number of hydrogen-bond acceptors (Lipinski definition) is 1. The van der Waals surface area contributed by atoms with Crippen molar-refractivity contribution < 1.29 is 4.74 Å². The third kappa shape index (κ3) is 4.41. The third-order valence-electron chi connectivity index (χ3n) is 2.30. The Kier molecular flexibility index (Phi) is 4.09. The number of ether oxygens (including phenoxy) is 1. The molecular weight excluding hydrogens is 136 g/mol. The molecule has 0 aliphatic carbocycles. The van der Waals surface area contributed by atoms with Crippen molar-refractivity contribution in [2.24, 2.45) is 5.92 Å². The molecule has 0 spiro atoms. The fraction of sp³-hybridized carbons (Fsp3) is 1.00. The molecule has 0 aromatic rings. The summed E-state index contributed by atoms with van der Waals surface area (Å²) in [5.41, 5.74) is 0.0453. The first-order valence-electron chi connectivity index (χ1n) is 4.57. The lowest BCUT2D eigenvalue weighted by Crippen LogP contribution is -2.30. The van der Waals surface area contributed by atoms with Gasteiger partial charge in [-0.25, -0.2) is 0 Å². The standard InChI is InChI=1S/C10H22O/c1-7-10(5,6)11-9(4)8(2)3/h8-9H,7H2,1-6H3. The van der Waals surface area contributed by atoms with E-state index in [9.17, 15) is 0 Å². The zero-order valence-electron chi connectivity index (χ0n) is 8.77. The first kappa shape index (κ1) is 11.0. The molecule has 68 valence electrons. The SMILES string of the molecule is CCC(C)(C)OC(C)C(C)C. The van der Waals surface area contributed by atoms with Gasteiger partial charge in [0.2, 0.25) is 0 Å². The molecule has 0 N–H and O–H groups in total. The van der Waals surface area contributed by atoms with Crippen molar-refractivity contribution in [3.63, 3.8) is 0 Å². The highest BCUT2D eigenvalue weighted by molar-refractivity contribution is 4.69. The van der Waals surface area contributed by atoms with Crippen LogP contribution in [0.3, 0.4) is 0 Å². The summed E-state index contributed by atoms with van der Waals surface area (Å²) in [6.07, 6.45) is 1.44. The number of rotatable bonds is 4. The predicted molar refractivity (Wildman–Crippen MR) is 49.8 cm³/mol. The van der Waals surface area contributed by atoms with E-state index >= 15 is 0 Å². The smallest absolute Gasteiger partial charge is 0.0627 e. The lowest BCUT2D eigenvalue weighted by Gasteiger charge is -2.29. The molecule has 0 aromatic heterocycles. The van der Waals surface area contributed by atoms with Crippen LogP contribution in [0.15, 0.2) is 0 Å². The summed E-state index contributed by atoms with van der Waals surface area (Å²) >= 11 is 0. The van der Waals surface area contributed by atoms with Crippen LogP contribution in [0.25, 0.3) is 0 Å². The van der Waals surface area contributed by atoms with Crippen LogP contribution in [0.1, 0.15) is 48.0 Å². The van der Waals surface area contributed by atoms with E-state index in [4.69, 9.17) is 4.74 Å². The predicted octanol–water partition coefficient (Wildman–Crippen LogP) is 3.24. The highest BCUT2D eigenvalue weighted by Crippen LogP contribution is 2.19. The van der Waals surface area contributed by atoms with Gasteiger partial charge in [-0.05, 0) is 33.1 Å². The van der Waals surface area contributed by atoms with Crippen molar-refractivity contribution in [3.05, 3.63) is 0 Å². The van der Waals surface area contributed by atoms with Crippen LogP contribution in [0, 0.1) is 5.92 Å². The van der Waals surface area contributed by atoms with Crippen LogP contribution in [0.4, 0.5) is 0 Å². The first-order valence-corrected chi connectivity index (χ1v) is 4.57. The zero-order chi connectivity index (χ0) is 9.07. The van der Waals surface area contributed by atoms with E-state index < -0.39 is 0 Å². The second kappa shape index (κ2) is 4.10. The molecule has 0 fully saturated rings. The van der Waals surface area contributed by atoms with E-state index in [1.54, 1.807) is 0 Å². The summed E-state index contributed by atoms with van der Waals surface area (Å²) < 4.78 is 5.85. The van der Waals surface area contributed by atoms with Gasteiger partial charge in [0.05, 0.1) is 11.7 Å². The Morgan fingerprint density at radius 1 is 1.18 bits per heavy atom. The van der Waals surface area contributed by atoms with Crippen molar-refractivity contribution in [1.82, 2.24) is 0 Å². The maximum Gasteiger partial charge on any atom is 0.0627 e. The molecule has 11 heavy (non-hydrogen) atoms. The van der Waals surface area contributed by atoms with E-state index in [1.807, 2.05) is 0 Å². The average molecular weight is 158 g/mol. The normalized spacial score (nSPS) is 15.5. The molecule has 0 aliphatic rings. The minimum Gasteiger partial charge on any atom is -0.372 e. The minimum atomic E-state index is 0.0453. The topological polar surface area (TPSA) is 9.23 Å². The summed E-state index contributed by atoms with van der Waals surface area (Å²) in [4.78, 5) is 0. The molecule has 0 saturated heterocycles. The van der Waals surface area contributed by atoms with E-state index in [0.717, 1.165) is 6.42 Å². The summed E-state index contributed by atoms with van der Waals surface area (Å²) in [5.74, 6) is 0.612. The van der Waals surface area contributed by atoms with Gasteiger partial charge in [0.25, 0.3) is 0 Å². The summed E-state index contributed by atoms with van der Waals surface area (Å²) in [6.45, 7) is 13.0. The molecule has 0 radical (unpaired) electrons. The van der Waals surface area contributed by atoms with Gasteiger partial charge >= 0.3 is 0 Å². The number of hydrogen-bond donors (Lipinski definition) is 0. The molecular formula is C10H22O. The molecule has 0 amide bonds. The van der Waals surface area contributed by atoms with Gasteiger partial charge in [-0.1, -0.05) is 20.8 Å². The van der Waals surface area contributed by atoms with Crippen LogP contribution >= 0.6 is 0 Å². The second-order valence-electron chi connectivity index (χ2n) is 4.18. The van der Waals surface area contributed by atoms with Gasteiger partial charge in [-0.2, -0.15) is 0 Å². The molecule has 1 atom stereocenters. The van der Waals surface area contributed by atoms with E-state index in [-0.39, 0.29) is 5.60 Å². The average Bonchev–Trinajstić information content (AvgIpc) is 1.87. The van der Waals surface area contributed by atoms with Crippen LogP contribution in [-0.4, -0.2) is 11.7 Å². The molecule has 0 rings (SSSR count). The first-order chi connectivity index (χ1) is 4.89. The Bertz CT molecular complexity index is 105. The van der Waals surface area contributed by atoms with Gasteiger partial charge < -0.3 is 4.74 Å². The molecule has 0 bridgehead atoms. The van der Waals surface area contributed by atoms with Crippen LogP contribution in [0.5, 0.6) is 0 Å². The van der Waals surface area contributed by atoms with Gasteiger partial charge in [-0.3, -0.25) is 0 Å². The fourth-order valence-electron chi connectivity index (χ4n) is 0.723. The van der Waals surface area contributed by atoms with Crippen molar-refractivity contribution in [2.45, 2.75) is 59.7 Å². The van der Waals surface area contributed by atoms with Crippen LogP contribution in [-0.2, 0) is 4.74 Å². The van der Waals surface area contributed by atoms with Crippen molar-refractivity contribution in [1.29, 1.82) is 0 Å². The summed E-state index contributed by atoms with van der Waals surface area (Å²) in [7, 11) is 0. The zero-order valence-corrected chi connectivity index (χ0v) is 8.77. The highest BCUT2D eigenvalue weighted by atomic mass is 16.5. The maximum absolute atomic E-state index is 5.85. The molecule has 1 nitrogen and oxygen atoms in total. The Balaban J connectivity index is 3.83. The van der Waals surface area contributed by atoms with Gasteiger partial charge in [0.15, 0.2) is 0 Å². The maximum atomic E-state index is 5.85. The Labute approximate surface area is 71.1 Å². The van der Waals surface area contributed by atoms with Crippen molar-refractivity contribution in [3.8, 4) is 0 Å². The fourth-order valence-corrected chi connectivity index (χ4v) is 0.723. The van der Waals surface area contributed by atoms with Gasteiger partial charge in [-0.15, -0.1) is 0 Å². The quantitative estimate of drug-likeness (QED) is 0.610. The Hall–Kier alpha value is -0.0400.